The van der Waals surface area contributed by atoms with E-state index in [1.54, 1.807) is 6.20 Å². The molecule has 1 heterocycles. The van der Waals surface area contributed by atoms with Gasteiger partial charge in [-0.05, 0) is 6.92 Å². The molecule has 0 aromatic carbocycles. The zero-order valence-electron chi connectivity index (χ0n) is 7.50. The first kappa shape index (κ1) is 8.77. The number of rotatable bonds is 2. The fourth-order valence-corrected chi connectivity index (χ4v) is 0.978. The fraction of sp³-hybridized carbons (Fsp3) is 0.500. The van der Waals surface area contributed by atoms with E-state index >= 15 is 0 Å². The predicted molar refractivity (Wildman–Crippen MR) is 43.6 cm³/mol. The second-order valence-corrected chi connectivity index (χ2v) is 2.56. The molecule has 4 heteroatoms. The molecule has 0 aliphatic heterocycles. The van der Waals surface area contributed by atoms with Gasteiger partial charge in [0.25, 0.3) is 0 Å². The van der Waals surface area contributed by atoms with Crippen molar-refractivity contribution in [1.82, 2.24) is 9.71 Å². The van der Waals surface area contributed by atoms with Crippen LogP contribution in [0.5, 0.6) is 0 Å². The Hall–Kier alpha value is -1.32. The third-order valence-corrected chi connectivity index (χ3v) is 1.41. The molecule has 0 fully saturated rings. The van der Waals surface area contributed by atoms with Crippen LogP contribution in [0.3, 0.4) is 0 Å². The van der Waals surface area contributed by atoms with Crippen LogP contribution in [0.25, 0.3) is 0 Å². The highest BCUT2D eigenvalue weighted by atomic mass is 16.7. The summed E-state index contributed by atoms with van der Waals surface area (Å²) >= 11 is 0. The summed E-state index contributed by atoms with van der Waals surface area (Å²) in [4.78, 5) is 19.7. The van der Waals surface area contributed by atoms with E-state index in [0.29, 0.717) is 0 Å². The van der Waals surface area contributed by atoms with Crippen molar-refractivity contribution < 1.29 is 9.63 Å². The highest BCUT2D eigenvalue weighted by Gasteiger charge is 2.05. The van der Waals surface area contributed by atoms with Gasteiger partial charge < -0.3 is 4.84 Å². The lowest BCUT2D eigenvalue weighted by Crippen LogP contribution is -2.17. The normalized spacial score (nSPS) is 9.92. The van der Waals surface area contributed by atoms with Crippen LogP contribution in [0.4, 0.5) is 0 Å². The molecule has 0 radical (unpaired) electrons. The molecule has 1 aromatic heterocycles. The van der Waals surface area contributed by atoms with Crippen molar-refractivity contribution >= 4 is 5.97 Å². The summed E-state index contributed by atoms with van der Waals surface area (Å²) in [6.07, 6.45) is 2.45. The SMILES string of the molecule is CCc1nc(C)cn1OC(C)=O. The van der Waals surface area contributed by atoms with E-state index < -0.39 is 0 Å². The van der Waals surface area contributed by atoms with Crippen molar-refractivity contribution in [3.63, 3.8) is 0 Å². The lowest BCUT2D eigenvalue weighted by atomic mass is 10.5. The van der Waals surface area contributed by atoms with E-state index in [1.165, 1.54) is 11.7 Å². The molecule has 0 saturated carbocycles. The molecule has 66 valence electrons. The van der Waals surface area contributed by atoms with Crippen LogP contribution in [0.1, 0.15) is 25.4 Å². The number of aryl methyl sites for hydroxylation is 2. The Morgan fingerprint density at radius 2 is 2.42 bits per heavy atom. The van der Waals surface area contributed by atoms with E-state index in [-0.39, 0.29) is 5.97 Å². The minimum atomic E-state index is -0.331. The first-order valence-corrected chi connectivity index (χ1v) is 3.87. The summed E-state index contributed by atoms with van der Waals surface area (Å²) in [5, 5.41) is 0. The summed E-state index contributed by atoms with van der Waals surface area (Å²) < 4.78 is 1.41. The average molecular weight is 168 g/mol. The maximum atomic E-state index is 10.6. The average Bonchev–Trinajstić information content (AvgIpc) is 2.29. The monoisotopic (exact) mass is 168 g/mol. The van der Waals surface area contributed by atoms with Gasteiger partial charge in [0.1, 0.15) is 5.82 Å². The van der Waals surface area contributed by atoms with E-state index in [4.69, 9.17) is 4.84 Å². The molecule has 0 bridgehead atoms. The summed E-state index contributed by atoms with van der Waals surface area (Å²) in [6.45, 7) is 5.19. The number of nitrogens with zero attached hydrogens (tertiary/aromatic N) is 2. The number of hydrogen-bond donors (Lipinski definition) is 0. The van der Waals surface area contributed by atoms with Crippen molar-refractivity contribution in [2.45, 2.75) is 27.2 Å². The van der Waals surface area contributed by atoms with E-state index in [9.17, 15) is 4.79 Å². The van der Waals surface area contributed by atoms with E-state index in [0.717, 1.165) is 17.9 Å². The van der Waals surface area contributed by atoms with Crippen LogP contribution in [0.15, 0.2) is 6.20 Å². The van der Waals surface area contributed by atoms with Gasteiger partial charge in [-0.2, -0.15) is 4.73 Å². The van der Waals surface area contributed by atoms with Crippen molar-refractivity contribution in [3.05, 3.63) is 17.7 Å². The summed E-state index contributed by atoms with van der Waals surface area (Å²) in [5.41, 5.74) is 0.855. The van der Waals surface area contributed by atoms with Gasteiger partial charge in [-0.3, -0.25) is 0 Å². The van der Waals surface area contributed by atoms with Crippen LogP contribution in [0, 0.1) is 6.92 Å². The van der Waals surface area contributed by atoms with Crippen molar-refractivity contribution in [2.75, 3.05) is 0 Å². The topological polar surface area (TPSA) is 44.1 Å². The molecule has 0 amide bonds. The van der Waals surface area contributed by atoms with Gasteiger partial charge in [0.15, 0.2) is 0 Å². The van der Waals surface area contributed by atoms with Gasteiger partial charge in [0.2, 0.25) is 0 Å². The van der Waals surface area contributed by atoms with Gasteiger partial charge >= 0.3 is 5.97 Å². The lowest BCUT2D eigenvalue weighted by Gasteiger charge is -2.02. The van der Waals surface area contributed by atoms with Crippen molar-refractivity contribution in [2.24, 2.45) is 0 Å². The summed E-state index contributed by atoms with van der Waals surface area (Å²) in [5.74, 6) is 0.435. The third kappa shape index (κ3) is 1.84. The zero-order chi connectivity index (χ0) is 9.14. The lowest BCUT2D eigenvalue weighted by molar-refractivity contribution is -0.141. The Bertz CT molecular complexity index is 291. The second-order valence-electron chi connectivity index (χ2n) is 2.56. The van der Waals surface area contributed by atoms with Crippen LogP contribution >= 0.6 is 0 Å². The molecule has 1 aromatic rings. The minimum Gasteiger partial charge on any atom is -0.336 e. The molecule has 0 saturated heterocycles. The van der Waals surface area contributed by atoms with Crippen LogP contribution in [0.2, 0.25) is 0 Å². The highest BCUT2D eigenvalue weighted by molar-refractivity contribution is 5.66. The Labute approximate surface area is 71.1 Å². The number of carbonyl (C=O) groups is 1. The second kappa shape index (κ2) is 3.38. The van der Waals surface area contributed by atoms with Crippen LogP contribution < -0.4 is 4.84 Å². The Morgan fingerprint density at radius 1 is 1.75 bits per heavy atom. The fourth-order valence-electron chi connectivity index (χ4n) is 0.978. The maximum absolute atomic E-state index is 10.6. The molecule has 0 aliphatic rings. The van der Waals surface area contributed by atoms with Gasteiger partial charge in [0, 0.05) is 13.3 Å². The highest BCUT2D eigenvalue weighted by Crippen LogP contribution is 2.00. The molecule has 4 nitrogen and oxygen atoms in total. The first-order chi connectivity index (χ1) is 5.63. The largest absolute Gasteiger partial charge is 0.336 e. The van der Waals surface area contributed by atoms with E-state index in [2.05, 4.69) is 4.98 Å². The Kier molecular flexibility index (Phi) is 2.47. The Balaban J connectivity index is 2.89. The number of aromatic nitrogens is 2. The number of imidazole rings is 1. The molecule has 0 aliphatic carbocycles. The summed E-state index contributed by atoms with van der Waals surface area (Å²) in [6, 6.07) is 0. The predicted octanol–water partition coefficient (Wildman–Crippen LogP) is 0.729. The molecule has 0 spiro atoms. The van der Waals surface area contributed by atoms with Crippen molar-refractivity contribution in [3.8, 4) is 0 Å². The Morgan fingerprint density at radius 3 is 2.92 bits per heavy atom. The van der Waals surface area contributed by atoms with Gasteiger partial charge in [-0.1, -0.05) is 6.92 Å². The number of hydrogen-bond acceptors (Lipinski definition) is 3. The third-order valence-electron chi connectivity index (χ3n) is 1.41. The summed E-state index contributed by atoms with van der Waals surface area (Å²) in [7, 11) is 0. The van der Waals surface area contributed by atoms with Gasteiger partial charge in [0.05, 0.1) is 11.9 Å². The maximum Gasteiger partial charge on any atom is 0.329 e. The molecule has 0 unspecified atom stereocenters. The molecule has 12 heavy (non-hydrogen) atoms. The molecule has 1 rings (SSSR count). The smallest absolute Gasteiger partial charge is 0.329 e. The van der Waals surface area contributed by atoms with Gasteiger partial charge in [-0.25, -0.2) is 9.78 Å². The molecule has 0 N–H and O–H groups in total. The zero-order valence-corrected chi connectivity index (χ0v) is 7.50. The van der Waals surface area contributed by atoms with Crippen LogP contribution in [-0.2, 0) is 11.2 Å². The molecular weight excluding hydrogens is 156 g/mol. The molecular formula is C8H12N2O2. The first-order valence-electron chi connectivity index (χ1n) is 3.87. The van der Waals surface area contributed by atoms with E-state index in [1.807, 2.05) is 13.8 Å². The minimum absolute atomic E-state index is 0.331. The number of carbonyl (C=O) groups excluding carboxylic acids is 1. The standard InChI is InChI=1S/C8H12N2O2/c1-4-8-9-6(2)5-10(8)12-7(3)11/h5H,4H2,1-3H3. The van der Waals surface area contributed by atoms with Crippen LogP contribution in [-0.4, -0.2) is 15.7 Å². The van der Waals surface area contributed by atoms with Crippen molar-refractivity contribution in [1.29, 1.82) is 0 Å². The molecule has 0 atom stereocenters. The van der Waals surface area contributed by atoms with Gasteiger partial charge in [-0.15, -0.1) is 0 Å². The quantitative estimate of drug-likeness (QED) is 0.653.